The predicted molar refractivity (Wildman–Crippen MR) is 202 cm³/mol. The first-order valence-electron chi connectivity index (χ1n) is 17.9. The monoisotopic (exact) mass is 820 g/mol. The van der Waals surface area contributed by atoms with Crippen LogP contribution in [-0.2, 0) is 60.2 Å². The Balaban J connectivity index is 1.07. The third-order valence-electron chi connectivity index (χ3n) is 10.9. The minimum Gasteiger partial charge on any atom is -0.508 e. The molecular weight excluding hydrogens is 781 g/mol. The number of rotatable bonds is 11. The van der Waals surface area contributed by atoms with Crippen LogP contribution in [0.5, 0.6) is 5.75 Å². The van der Waals surface area contributed by atoms with Crippen molar-refractivity contribution in [3.63, 3.8) is 0 Å². The van der Waals surface area contributed by atoms with Crippen LogP contribution in [0.1, 0.15) is 50.8 Å². The van der Waals surface area contributed by atoms with Gasteiger partial charge in [0.1, 0.15) is 41.2 Å². The molecule has 3 aromatic rings. The van der Waals surface area contributed by atoms with Gasteiger partial charge in [0, 0.05) is 4.75 Å². The molecule has 0 aliphatic carbocycles. The van der Waals surface area contributed by atoms with E-state index in [1.54, 1.807) is 68.4 Å². The summed E-state index contributed by atoms with van der Waals surface area (Å²) in [6.45, 7) is 5.07. The number of nitrogens with one attached hydrogen (secondary N) is 2. The number of aromatic hydroxyl groups is 1. The lowest BCUT2D eigenvalue weighted by Crippen LogP contribution is -2.72. The first-order chi connectivity index (χ1) is 26.9. The summed E-state index contributed by atoms with van der Waals surface area (Å²) in [4.78, 5) is 83.2. The van der Waals surface area contributed by atoms with Crippen molar-refractivity contribution in [1.82, 2.24) is 20.4 Å². The average Bonchev–Trinajstić information content (AvgIpc) is 3.50. The van der Waals surface area contributed by atoms with Crippen LogP contribution in [0.2, 0.25) is 0 Å². The molecule has 4 aliphatic rings. The molecule has 4 saturated heterocycles. The molecule has 3 N–H and O–H groups in total. The third kappa shape index (κ3) is 6.53. The summed E-state index contributed by atoms with van der Waals surface area (Å²) in [5.41, 5.74) is -0.712. The van der Waals surface area contributed by atoms with Crippen molar-refractivity contribution in [3.8, 4) is 5.75 Å². The number of hydrogen-bond donors (Lipinski definition) is 3. The molecule has 0 saturated carbocycles. The van der Waals surface area contributed by atoms with Gasteiger partial charge < -0.3 is 34.4 Å². The SMILES string of the molecule is CC1(C)S[C@@H]2[C@H](NC(=O)C(NC(=O)OCc3ccccc3)(c3ccccc3)c3ccc(O)cc3)C(=O)N2[C@H]1C(=O)OCOC(=O)[C@@H]1N2C(=O)C[C@H]2S(=O)(=O)C1(C)C. The normalized spacial score (nSPS) is 25.7. The number of benzene rings is 3. The maximum atomic E-state index is 14.7. The molecule has 3 aromatic carbocycles. The summed E-state index contributed by atoms with van der Waals surface area (Å²) in [6.07, 6.45) is -1.17. The molecule has 57 heavy (non-hydrogen) atoms. The molecule has 0 radical (unpaired) electrons. The van der Waals surface area contributed by atoms with E-state index < -0.39 is 96.3 Å². The lowest BCUT2D eigenvalue weighted by Gasteiger charge is -2.45. The highest BCUT2D eigenvalue weighted by atomic mass is 32.2. The first-order valence-corrected chi connectivity index (χ1v) is 20.4. The molecule has 7 rings (SSSR count). The molecular formula is C39H40N4O12S2. The molecule has 0 spiro atoms. The number of ether oxygens (including phenoxy) is 3. The van der Waals surface area contributed by atoms with E-state index in [1.807, 2.05) is 6.07 Å². The van der Waals surface area contributed by atoms with Crippen molar-refractivity contribution in [2.24, 2.45) is 0 Å². The lowest BCUT2D eigenvalue weighted by molar-refractivity contribution is -0.181. The number of amides is 4. The van der Waals surface area contributed by atoms with Crippen LogP contribution in [0.3, 0.4) is 0 Å². The van der Waals surface area contributed by atoms with Crippen LogP contribution < -0.4 is 10.6 Å². The van der Waals surface area contributed by atoms with Crippen molar-refractivity contribution in [2.45, 2.75) is 84.6 Å². The van der Waals surface area contributed by atoms with Crippen LogP contribution in [0, 0.1) is 0 Å². The molecule has 4 amide bonds. The number of fused-ring (bicyclic) bond motifs is 2. The highest BCUT2D eigenvalue weighted by Gasteiger charge is 2.69. The van der Waals surface area contributed by atoms with Gasteiger partial charge in [-0.05, 0) is 56.5 Å². The number of alkyl carbamates (subject to hydrolysis) is 1. The Morgan fingerprint density at radius 3 is 2.02 bits per heavy atom. The zero-order chi connectivity index (χ0) is 41.1. The van der Waals surface area contributed by atoms with E-state index in [-0.39, 0.29) is 24.3 Å². The number of hydrogen-bond acceptors (Lipinski definition) is 13. The molecule has 4 heterocycles. The summed E-state index contributed by atoms with van der Waals surface area (Å²) in [5.74, 6) is -3.99. The Morgan fingerprint density at radius 2 is 1.40 bits per heavy atom. The van der Waals surface area contributed by atoms with Gasteiger partial charge in [0.25, 0.3) is 5.91 Å². The van der Waals surface area contributed by atoms with E-state index in [0.29, 0.717) is 11.1 Å². The van der Waals surface area contributed by atoms with Gasteiger partial charge in [0.2, 0.25) is 18.6 Å². The minimum atomic E-state index is -3.87. The maximum Gasteiger partial charge on any atom is 0.408 e. The number of phenols is 1. The fourth-order valence-electron chi connectivity index (χ4n) is 7.83. The fraction of sp³-hybridized carbons (Fsp3) is 0.385. The van der Waals surface area contributed by atoms with E-state index in [4.69, 9.17) is 14.2 Å². The smallest absolute Gasteiger partial charge is 0.408 e. The average molecular weight is 821 g/mol. The molecule has 4 fully saturated rings. The van der Waals surface area contributed by atoms with Crippen molar-refractivity contribution >= 4 is 57.4 Å². The number of carbonyl (C=O) groups is 6. The summed E-state index contributed by atoms with van der Waals surface area (Å²) >= 11 is 1.23. The Bertz CT molecular complexity index is 2240. The highest BCUT2D eigenvalue weighted by Crippen LogP contribution is 2.51. The number of β-lactam (4-membered cyclic amide) rings is 2. The number of nitrogens with zero attached hydrogens (tertiary/aromatic N) is 2. The van der Waals surface area contributed by atoms with Gasteiger partial charge >= 0.3 is 18.0 Å². The predicted octanol–water partition coefficient (Wildman–Crippen LogP) is 2.29. The minimum absolute atomic E-state index is 0.0925. The number of sulfone groups is 1. The summed E-state index contributed by atoms with van der Waals surface area (Å²) in [5, 5.41) is 13.8. The molecule has 18 heteroatoms. The van der Waals surface area contributed by atoms with Crippen molar-refractivity contribution < 1.29 is 56.5 Å². The third-order valence-corrected chi connectivity index (χ3v) is 15.3. The summed E-state index contributed by atoms with van der Waals surface area (Å²) < 4.78 is 39.2. The summed E-state index contributed by atoms with van der Waals surface area (Å²) in [6, 6.07) is 19.1. The number of thioether (sulfide) groups is 1. The largest absolute Gasteiger partial charge is 0.508 e. The molecule has 0 aromatic heterocycles. The van der Waals surface area contributed by atoms with Crippen molar-refractivity contribution in [3.05, 3.63) is 102 Å². The van der Waals surface area contributed by atoms with Gasteiger partial charge in [-0.25, -0.2) is 22.8 Å². The molecule has 4 aliphatic heterocycles. The van der Waals surface area contributed by atoms with Gasteiger partial charge in [-0.2, -0.15) is 0 Å². The summed E-state index contributed by atoms with van der Waals surface area (Å²) in [7, 11) is -3.87. The van der Waals surface area contributed by atoms with E-state index in [0.717, 1.165) is 4.90 Å². The standard InChI is InChI=1S/C39H40N4O12S2/c1-37(2)29(33(47)54-21-55-34(48)30-38(3,4)57(51,52)27-19-26(45)42(27)30)43-31(46)28(32(43)56-37)40-35(49)39(23-13-9-6-10-14-23,24-15-17-25(44)18-16-24)41-36(50)53-20-22-11-7-5-8-12-22/h5-18,27-30,32,44H,19-21H2,1-4H3,(H,40,49)(H,41,50)/t27-,28-,29+,30+,32-,39?/m1/s1. The second kappa shape index (κ2) is 14.4. The van der Waals surface area contributed by atoms with Crippen molar-refractivity contribution in [1.29, 1.82) is 0 Å². The van der Waals surface area contributed by atoms with Gasteiger partial charge in [0.05, 0.1) is 11.2 Å². The number of carbonyl (C=O) groups excluding carboxylic acids is 6. The maximum absolute atomic E-state index is 14.7. The second-order valence-corrected chi connectivity index (χ2v) is 19.6. The van der Waals surface area contributed by atoms with Crippen LogP contribution >= 0.6 is 11.8 Å². The van der Waals surface area contributed by atoms with E-state index in [2.05, 4.69) is 10.6 Å². The van der Waals surface area contributed by atoms with Gasteiger partial charge in [-0.1, -0.05) is 72.8 Å². The zero-order valence-corrected chi connectivity index (χ0v) is 32.9. The quantitative estimate of drug-likeness (QED) is 0.144. The molecule has 300 valence electrons. The Morgan fingerprint density at radius 1 is 0.825 bits per heavy atom. The molecule has 16 nitrogen and oxygen atoms in total. The van der Waals surface area contributed by atoms with Crippen molar-refractivity contribution in [2.75, 3.05) is 6.79 Å². The topological polar surface area (TPSA) is 215 Å². The first kappa shape index (κ1) is 39.6. The zero-order valence-electron chi connectivity index (χ0n) is 31.2. The van der Waals surface area contributed by atoms with E-state index in [1.165, 1.54) is 54.8 Å². The molecule has 0 bridgehead atoms. The Hall–Kier alpha value is -5.62. The molecule has 1 unspecified atom stereocenters. The fourth-order valence-corrected chi connectivity index (χ4v) is 11.6. The molecule has 6 atom stereocenters. The van der Waals surface area contributed by atoms with E-state index >= 15 is 0 Å². The number of esters is 2. The van der Waals surface area contributed by atoms with Gasteiger partial charge in [0.15, 0.2) is 15.4 Å². The Labute approximate surface area is 332 Å². The Kier molecular flexibility index (Phi) is 10.0. The van der Waals surface area contributed by atoms with Crippen LogP contribution in [0.15, 0.2) is 84.9 Å². The van der Waals surface area contributed by atoms with Gasteiger partial charge in [-0.3, -0.25) is 19.7 Å². The highest BCUT2D eigenvalue weighted by molar-refractivity contribution is 8.01. The van der Waals surface area contributed by atoms with Gasteiger partial charge in [-0.15, -0.1) is 11.8 Å². The van der Waals surface area contributed by atoms with Crippen LogP contribution in [0.25, 0.3) is 0 Å². The number of phenolic OH excluding ortho intramolecular Hbond substituents is 1. The van der Waals surface area contributed by atoms with Crippen LogP contribution in [-0.4, -0.2) is 104 Å². The lowest BCUT2D eigenvalue weighted by atomic mass is 9.81. The second-order valence-electron chi connectivity index (χ2n) is 15.1. The van der Waals surface area contributed by atoms with E-state index in [9.17, 15) is 42.3 Å². The van der Waals surface area contributed by atoms with Crippen LogP contribution in [0.4, 0.5) is 4.79 Å².